The molecule has 1 aliphatic rings. The van der Waals surface area contributed by atoms with E-state index in [-0.39, 0.29) is 16.5 Å². The van der Waals surface area contributed by atoms with Crippen LogP contribution in [0.5, 0.6) is 0 Å². The van der Waals surface area contributed by atoms with Gasteiger partial charge in [0.05, 0.1) is 5.57 Å². The first-order valence-corrected chi connectivity index (χ1v) is 17.8. The van der Waals surface area contributed by atoms with Crippen molar-refractivity contribution in [3.63, 3.8) is 0 Å². The fourth-order valence-corrected chi connectivity index (χ4v) is 5.04. The molecule has 0 spiro atoms. The first kappa shape index (κ1) is 42.8. The molecule has 0 fully saturated rings. The Morgan fingerprint density at radius 1 is 0.600 bits per heavy atom. The molecule has 0 saturated carbocycles. The van der Waals surface area contributed by atoms with Crippen molar-refractivity contribution in [1.82, 2.24) is 0 Å². The summed E-state index contributed by atoms with van der Waals surface area (Å²) in [4.78, 5) is 0. The molecule has 3 heteroatoms. The standard InChI is InChI=1S/C28H34N2.2C7H15.Ni/c1-4-5-6-7-8-9-10-11-12-26-21-27(24-17-13-22(2)14-18-24)30(29)28(26)25-19-15-23(3)16-20-25;2*1-3-5-7-6-4-2;/h11-21H,4-10H2,1-3H3;2*1,3-7H2,2H3;/q;2*-1;+2. The minimum atomic E-state index is 0. The third-order valence-electron chi connectivity index (χ3n) is 7.91. The molecule has 1 heterocycles. The summed E-state index contributed by atoms with van der Waals surface area (Å²) >= 11 is 0. The molecule has 0 unspecified atom stereocenters. The third kappa shape index (κ3) is 18.5. The number of aryl methyl sites for hydroxylation is 2. The Morgan fingerprint density at radius 2 is 1.02 bits per heavy atom. The van der Waals surface area contributed by atoms with E-state index < -0.39 is 0 Å². The van der Waals surface area contributed by atoms with Crippen molar-refractivity contribution in [1.29, 1.82) is 0 Å². The number of hydrogen-bond donors (Lipinski definition) is 0. The summed E-state index contributed by atoms with van der Waals surface area (Å²) in [5.74, 6) is 0. The molecule has 0 bridgehead atoms. The zero-order valence-electron chi connectivity index (χ0n) is 29.5. The number of rotatable bonds is 18. The van der Waals surface area contributed by atoms with Crippen molar-refractivity contribution >= 4 is 11.4 Å². The summed E-state index contributed by atoms with van der Waals surface area (Å²) in [6.07, 6.45) is 28.5. The molecule has 3 rings (SSSR count). The molecule has 0 amide bonds. The van der Waals surface area contributed by atoms with Crippen molar-refractivity contribution in [2.45, 2.75) is 144 Å². The van der Waals surface area contributed by atoms with Crippen LogP contribution in [0.15, 0.2) is 72.3 Å². The summed E-state index contributed by atoms with van der Waals surface area (Å²) in [6, 6.07) is 16.7. The van der Waals surface area contributed by atoms with E-state index in [2.05, 4.69) is 115 Å². The van der Waals surface area contributed by atoms with Crippen LogP contribution in [0.25, 0.3) is 16.9 Å². The third-order valence-corrected chi connectivity index (χ3v) is 7.91. The van der Waals surface area contributed by atoms with Crippen molar-refractivity contribution in [3.8, 4) is 0 Å². The van der Waals surface area contributed by atoms with E-state index in [1.807, 2.05) is 0 Å². The van der Waals surface area contributed by atoms with Gasteiger partial charge >= 0.3 is 16.5 Å². The van der Waals surface area contributed by atoms with Crippen molar-refractivity contribution in [2.24, 2.45) is 0 Å². The Bertz CT molecular complexity index is 1090. The van der Waals surface area contributed by atoms with Gasteiger partial charge in [-0.25, -0.2) is 4.70 Å². The Balaban J connectivity index is 0.00000108. The second-order valence-corrected chi connectivity index (χ2v) is 12.2. The van der Waals surface area contributed by atoms with E-state index in [1.54, 1.807) is 0 Å². The SMILES string of the molecule is CCCCCCCCC=CC1=C(c2ccc(C)cc2)[N+](=[N-])C(c2ccc(C)cc2)=C1.[CH2-]CCCCCC.[CH2-]CCCCCC.[Ni+2]. The van der Waals surface area contributed by atoms with Gasteiger partial charge in [-0.15, -0.1) is 0 Å². The van der Waals surface area contributed by atoms with Crippen LogP contribution in [0.4, 0.5) is 0 Å². The average Bonchev–Trinajstić information content (AvgIpc) is 3.36. The molecule has 0 aromatic heterocycles. The predicted molar refractivity (Wildman–Crippen MR) is 196 cm³/mol. The minimum Gasteiger partial charge on any atom is -0.493 e. The monoisotopic (exact) mass is 654 g/mol. The van der Waals surface area contributed by atoms with Gasteiger partial charge in [-0.2, -0.15) is 12.8 Å². The smallest absolute Gasteiger partial charge is 0.493 e. The largest absolute Gasteiger partial charge is 2.00 e. The van der Waals surface area contributed by atoms with Crippen LogP contribution in [-0.4, -0.2) is 4.70 Å². The Hall–Kier alpha value is -2.25. The Morgan fingerprint density at radius 3 is 1.49 bits per heavy atom. The van der Waals surface area contributed by atoms with Gasteiger partial charge in [0, 0.05) is 17.2 Å². The fraction of sp³-hybridized carbons (Fsp3) is 0.524. The van der Waals surface area contributed by atoms with E-state index in [0.29, 0.717) is 0 Å². The molecule has 2 aromatic rings. The van der Waals surface area contributed by atoms with Crippen LogP contribution in [0, 0.1) is 27.7 Å². The summed E-state index contributed by atoms with van der Waals surface area (Å²) < 4.78 is 1.35. The number of allylic oxidation sites excluding steroid dienone is 4. The number of nitrogens with zero attached hydrogens (tertiary/aromatic N) is 2. The van der Waals surface area contributed by atoms with Crippen molar-refractivity contribution in [3.05, 3.63) is 114 Å². The van der Waals surface area contributed by atoms with Crippen LogP contribution < -0.4 is 0 Å². The van der Waals surface area contributed by atoms with Gasteiger partial charge in [-0.3, -0.25) is 0 Å². The summed E-state index contributed by atoms with van der Waals surface area (Å²) in [5.41, 5.74) is 18.3. The Kier molecular flexibility index (Phi) is 26.6. The zero-order valence-corrected chi connectivity index (χ0v) is 30.5. The van der Waals surface area contributed by atoms with Gasteiger partial charge in [-0.05, 0) is 51.0 Å². The molecular formula is C42H64N2Ni. The summed E-state index contributed by atoms with van der Waals surface area (Å²) in [7, 11) is 0. The van der Waals surface area contributed by atoms with E-state index >= 15 is 0 Å². The Labute approximate surface area is 289 Å². The second-order valence-electron chi connectivity index (χ2n) is 12.2. The van der Waals surface area contributed by atoms with Crippen LogP contribution in [0.1, 0.15) is 152 Å². The summed E-state index contributed by atoms with van der Waals surface area (Å²) in [6.45, 7) is 18.4. The van der Waals surface area contributed by atoms with E-state index in [0.717, 1.165) is 47.4 Å². The number of unbranched alkanes of at least 4 members (excludes halogenated alkanes) is 14. The van der Waals surface area contributed by atoms with Crippen LogP contribution in [0.2, 0.25) is 0 Å². The first-order chi connectivity index (χ1) is 21.4. The van der Waals surface area contributed by atoms with Gasteiger partial charge in [0.15, 0.2) is 0 Å². The van der Waals surface area contributed by atoms with Gasteiger partial charge in [0.25, 0.3) is 0 Å². The molecule has 0 atom stereocenters. The number of hydrogen-bond acceptors (Lipinski definition) is 0. The molecule has 0 saturated heterocycles. The van der Waals surface area contributed by atoms with E-state index in [4.69, 9.17) is 0 Å². The van der Waals surface area contributed by atoms with Gasteiger partial charge in [0.1, 0.15) is 0 Å². The second kappa shape index (κ2) is 28.0. The molecule has 252 valence electrons. The van der Waals surface area contributed by atoms with Gasteiger partial charge in [0.2, 0.25) is 11.4 Å². The normalized spacial score (nSPS) is 12.3. The molecular weight excluding hydrogens is 591 g/mol. The van der Waals surface area contributed by atoms with Crippen LogP contribution >= 0.6 is 0 Å². The summed E-state index contributed by atoms with van der Waals surface area (Å²) in [5, 5.41) is 0. The molecule has 0 aliphatic carbocycles. The number of benzene rings is 2. The van der Waals surface area contributed by atoms with Gasteiger partial charge < -0.3 is 19.4 Å². The first-order valence-electron chi connectivity index (χ1n) is 17.8. The zero-order chi connectivity index (χ0) is 32.4. The molecule has 0 N–H and O–H groups in total. The molecule has 0 radical (unpaired) electrons. The van der Waals surface area contributed by atoms with Gasteiger partial charge in [-0.1, -0.05) is 152 Å². The quantitative estimate of drug-likeness (QED) is 0.0661. The molecule has 2 aromatic carbocycles. The molecule has 2 nitrogen and oxygen atoms in total. The van der Waals surface area contributed by atoms with Crippen molar-refractivity contribution in [2.75, 3.05) is 0 Å². The maximum atomic E-state index is 11.1. The maximum absolute atomic E-state index is 11.1. The predicted octanol–water partition coefficient (Wildman–Crippen LogP) is 14.0. The maximum Gasteiger partial charge on any atom is 2.00 e. The van der Waals surface area contributed by atoms with Crippen LogP contribution in [-0.2, 0) is 16.5 Å². The topological polar surface area (TPSA) is 25.3 Å². The van der Waals surface area contributed by atoms with Crippen LogP contribution in [0.3, 0.4) is 0 Å². The average molecular weight is 656 g/mol. The molecule has 1 aliphatic heterocycles. The van der Waals surface area contributed by atoms with Crippen molar-refractivity contribution < 1.29 is 21.2 Å². The fourth-order valence-electron chi connectivity index (χ4n) is 5.04. The van der Waals surface area contributed by atoms with E-state index in [9.17, 15) is 5.53 Å². The minimum absolute atomic E-state index is 0. The van der Waals surface area contributed by atoms with E-state index in [1.165, 1.54) is 106 Å². The molecule has 45 heavy (non-hydrogen) atoms.